The van der Waals surface area contributed by atoms with Crippen molar-refractivity contribution in [1.29, 1.82) is 0 Å². The summed E-state index contributed by atoms with van der Waals surface area (Å²) in [7, 11) is 0. The quantitative estimate of drug-likeness (QED) is 0.733. The van der Waals surface area contributed by atoms with Crippen LogP contribution in [0.1, 0.15) is 9.67 Å². The van der Waals surface area contributed by atoms with Gasteiger partial charge in [-0.1, -0.05) is 0 Å². The highest BCUT2D eigenvalue weighted by Crippen LogP contribution is 2.29. The molecule has 5 nitrogen and oxygen atoms in total. The molecule has 3 aromatic heterocycles. The number of hydrogen-bond acceptors (Lipinski definition) is 5. The summed E-state index contributed by atoms with van der Waals surface area (Å²) in [5.74, 6) is -0.00715. The van der Waals surface area contributed by atoms with Gasteiger partial charge in [0.05, 0.1) is 16.5 Å². The second-order valence-electron chi connectivity index (χ2n) is 4.33. The summed E-state index contributed by atoms with van der Waals surface area (Å²) in [6.07, 6.45) is 1.60. The van der Waals surface area contributed by atoms with Crippen LogP contribution in [0, 0.1) is 0 Å². The average molecular weight is 279 g/mol. The van der Waals surface area contributed by atoms with Crippen molar-refractivity contribution in [2.24, 2.45) is 0 Å². The Morgan fingerprint density at radius 2 is 2.33 bits per heavy atom. The zero-order chi connectivity index (χ0) is 12.3. The lowest BCUT2D eigenvalue weighted by Crippen LogP contribution is -2.53. The second kappa shape index (κ2) is 3.53. The molecular weight excluding hydrogens is 270 g/mol. The van der Waals surface area contributed by atoms with E-state index in [0.29, 0.717) is 18.0 Å². The van der Waals surface area contributed by atoms with Crippen molar-refractivity contribution >= 4 is 43.9 Å². The predicted octanol–water partition coefficient (Wildman–Crippen LogP) is 1.43. The van der Waals surface area contributed by atoms with E-state index in [-0.39, 0.29) is 12.0 Å². The van der Waals surface area contributed by atoms with Crippen LogP contribution in [0.5, 0.6) is 0 Å². The number of β-amino-alcohol motifs (C(OH)–C–C–N with tert-alkyl or cyclic N) is 1. The monoisotopic (exact) mass is 279 g/mol. The molecule has 4 rings (SSSR count). The molecule has 0 radical (unpaired) electrons. The predicted molar refractivity (Wildman–Crippen MR) is 70.4 cm³/mol. The maximum Gasteiger partial charge on any atom is 0.264 e. The van der Waals surface area contributed by atoms with E-state index in [1.54, 1.807) is 16.2 Å². The van der Waals surface area contributed by atoms with Gasteiger partial charge < -0.3 is 10.0 Å². The molecule has 0 aromatic carbocycles. The minimum absolute atomic E-state index is 0.00715. The summed E-state index contributed by atoms with van der Waals surface area (Å²) in [6.45, 7) is 0.880. The van der Waals surface area contributed by atoms with Crippen molar-refractivity contribution in [1.82, 2.24) is 14.3 Å². The molecule has 0 spiro atoms. The van der Waals surface area contributed by atoms with Crippen LogP contribution in [0.25, 0.3) is 15.3 Å². The zero-order valence-electron chi connectivity index (χ0n) is 9.24. The van der Waals surface area contributed by atoms with Gasteiger partial charge in [0.2, 0.25) is 0 Å². The first-order valence-corrected chi connectivity index (χ1v) is 7.24. The molecule has 0 aliphatic carbocycles. The number of thiazole rings is 1. The average Bonchev–Trinajstić information content (AvgIpc) is 2.93. The first-order valence-electron chi connectivity index (χ1n) is 5.55. The van der Waals surface area contributed by atoms with Crippen molar-refractivity contribution in [3.05, 3.63) is 22.5 Å². The Balaban J connectivity index is 1.76. The molecule has 0 bridgehead atoms. The summed E-state index contributed by atoms with van der Waals surface area (Å²) >= 11 is 3.00. The fourth-order valence-electron chi connectivity index (χ4n) is 2.13. The minimum atomic E-state index is -0.358. The molecule has 1 aliphatic rings. The molecule has 0 saturated carbocycles. The van der Waals surface area contributed by atoms with E-state index in [4.69, 9.17) is 0 Å². The Kier molecular flexibility index (Phi) is 2.06. The van der Waals surface area contributed by atoms with E-state index >= 15 is 0 Å². The molecule has 1 amide bonds. The van der Waals surface area contributed by atoms with E-state index in [1.807, 2.05) is 22.0 Å². The van der Waals surface area contributed by atoms with Crippen molar-refractivity contribution in [2.45, 2.75) is 6.10 Å². The first-order chi connectivity index (χ1) is 8.72. The van der Waals surface area contributed by atoms with Crippen LogP contribution >= 0.6 is 22.7 Å². The number of fused-ring (bicyclic) bond motifs is 3. The maximum atomic E-state index is 12.1. The number of hydrogen-bond donors (Lipinski definition) is 1. The number of thiophene rings is 1. The molecule has 1 fully saturated rings. The van der Waals surface area contributed by atoms with Gasteiger partial charge in [-0.15, -0.1) is 22.7 Å². The zero-order valence-corrected chi connectivity index (χ0v) is 10.9. The molecule has 1 N–H and O–H groups in total. The number of aliphatic hydroxyl groups is 1. The lowest BCUT2D eigenvalue weighted by Gasteiger charge is -2.35. The van der Waals surface area contributed by atoms with Gasteiger partial charge in [0.1, 0.15) is 4.83 Å². The molecule has 18 heavy (non-hydrogen) atoms. The van der Waals surface area contributed by atoms with Gasteiger partial charge >= 0.3 is 0 Å². The molecule has 4 heterocycles. The van der Waals surface area contributed by atoms with E-state index in [0.717, 1.165) is 15.3 Å². The summed E-state index contributed by atoms with van der Waals surface area (Å²) in [6, 6.07) is 1.89. The normalized spacial score (nSPS) is 16.6. The topological polar surface area (TPSA) is 57.8 Å². The fraction of sp³-hybridized carbons (Fsp3) is 0.273. The highest BCUT2D eigenvalue weighted by molar-refractivity contribution is 7.21. The molecule has 3 aromatic rings. The third-order valence-electron chi connectivity index (χ3n) is 3.10. The molecule has 7 heteroatoms. The Bertz CT molecular complexity index is 751. The van der Waals surface area contributed by atoms with E-state index in [2.05, 4.69) is 4.98 Å². The van der Waals surface area contributed by atoms with Crippen LogP contribution in [-0.2, 0) is 0 Å². The molecule has 92 valence electrons. The fourth-order valence-corrected chi connectivity index (χ4v) is 3.90. The maximum absolute atomic E-state index is 12.1. The lowest BCUT2D eigenvalue weighted by atomic mass is 10.1. The van der Waals surface area contributed by atoms with Gasteiger partial charge in [0, 0.05) is 24.7 Å². The largest absolute Gasteiger partial charge is 0.389 e. The van der Waals surface area contributed by atoms with E-state index in [9.17, 15) is 9.90 Å². The SMILES string of the molecule is O=C(c1cc2c(nc3sccn32)s1)N1CC(O)C1. The summed E-state index contributed by atoms with van der Waals surface area (Å²) in [5.41, 5.74) is 0.987. The minimum Gasteiger partial charge on any atom is -0.389 e. The van der Waals surface area contributed by atoms with Crippen LogP contribution < -0.4 is 0 Å². The Morgan fingerprint density at radius 1 is 1.50 bits per heavy atom. The van der Waals surface area contributed by atoms with Crippen molar-refractivity contribution in [3.63, 3.8) is 0 Å². The van der Waals surface area contributed by atoms with Gasteiger partial charge in [0.25, 0.3) is 5.91 Å². The van der Waals surface area contributed by atoms with Gasteiger partial charge in [-0.05, 0) is 6.07 Å². The number of imidazole rings is 1. The standard InChI is InChI=1S/C11H9N3O2S2/c15-6-4-13(5-6)10(16)8-3-7-9(18-8)12-11-14(7)1-2-17-11/h1-3,6,15H,4-5H2. The van der Waals surface area contributed by atoms with Crippen LogP contribution in [0.3, 0.4) is 0 Å². The van der Waals surface area contributed by atoms with Gasteiger partial charge in [0.15, 0.2) is 4.96 Å². The second-order valence-corrected chi connectivity index (χ2v) is 6.24. The van der Waals surface area contributed by atoms with Crippen LogP contribution in [0.2, 0.25) is 0 Å². The van der Waals surface area contributed by atoms with Crippen LogP contribution in [-0.4, -0.2) is 44.5 Å². The number of carbonyl (C=O) groups is 1. The summed E-state index contributed by atoms with van der Waals surface area (Å²) in [5, 5.41) is 11.2. The summed E-state index contributed by atoms with van der Waals surface area (Å²) in [4.78, 5) is 20.8. The Labute approximate surface area is 110 Å². The number of nitrogens with zero attached hydrogens (tertiary/aromatic N) is 3. The molecular formula is C11H9N3O2S2. The lowest BCUT2D eigenvalue weighted by molar-refractivity contribution is 0.00623. The Morgan fingerprint density at radius 3 is 3.11 bits per heavy atom. The third kappa shape index (κ3) is 1.35. The summed E-state index contributed by atoms with van der Waals surface area (Å²) < 4.78 is 2.00. The molecule has 0 unspecified atom stereocenters. The van der Waals surface area contributed by atoms with Crippen molar-refractivity contribution in [3.8, 4) is 0 Å². The third-order valence-corrected chi connectivity index (χ3v) is 4.86. The number of rotatable bonds is 1. The van der Waals surface area contributed by atoms with E-state index in [1.165, 1.54) is 11.3 Å². The van der Waals surface area contributed by atoms with E-state index < -0.39 is 0 Å². The highest BCUT2D eigenvalue weighted by Gasteiger charge is 2.30. The molecule has 0 atom stereocenters. The highest BCUT2D eigenvalue weighted by atomic mass is 32.1. The smallest absolute Gasteiger partial charge is 0.264 e. The number of carbonyl (C=O) groups excluding carboxylic acids is 1. The van der Waals surface area contributed by atoms with Gasteiger partial charge in [-0.2, -0.15) is 0 Å². The van der Waals surface area contributed by atoms with Crippen LogP contribution in [0.4, 0.5) is 0 Å². The van der Waals surface area contributed by atoms with Gasteiger partial charge in [-0.3, -0.25) is 9.20 Å². The molecule has 1 saturated heterocycles. The first kappa shape index (κ1) is 10.5. The van der Waals surface area contributed by atoms with Crippen LogP contribution in [0.15, 0.2) is 17.6 Å². The Hall–Kier alpha value is -1.44. The van der Waals surface area contributed by atoms with Gasteiger partial charge in [-0.25, -0.2) is 4.98 Å². The number of likely N-dealkylation sites (tertiary alicyclic amines) is 1. The number of aromatic nitrogens is 2. The number of aliphatic hydroxyl groups excluding tert-OH is 1. The van der Waals surface area contributed by atoms with Crippen molar-refractivity contribution < 1.29 is 9.90 Å². The molecule has 1 aliphatic heterocycles. The number of amides is 1. The van der Waals surface area contributed by atoms with Crippen molar-refractivity contribution in [2.75, 3.05) is 13.1 Å².